The van der Waals surface area contributed by atoms with Crippen molar-refractivity contribution in [1.29, 1.82) is 0 Å². The smallest absolute Gasteiger partial charge is 0.179 e. The topological polar surface area (TPSA) is 18.5 Å². The quantitative estimate of drug-likeness (QED) is 0.354. The van der Waals surface area contributed by atoms with Crippen LogP contribution in [-0.4, -0.2) is 6.61 Å². The fraction of sp³-hybridized carbons (Fsp3) is 0.103. The fourth-order valence-electron chi connectivity index (χ4n) is 5.12. The van der Waals surface area contributed by atoms with Crippen LogP contribution < -0.4 is 9.47 Å². The summed E-state index contributed by atoms with van der Waals surface area (Å²) in [6.07, 6.45) is 7.70. The van der Waals surface area contributed by atoms with Gasteiger partial charge >= 0.3 is 0 Å². The number of benzene rings is 4. The second kappa shape index (κ2) is 6.52. The molecule has 2 nitrogen and oxygen atoms in total. The molecule has 0 unspecified atom stereocenters. The fourth-order valence-corrected chi connectivity index (χ4v) is 5.12. The van der Waals surface area contributed by atoms with Gasteiger partial charge in [-0.15, -0.1) is 6.42 Å². The van der Waals surface area contributed by atoms with Crippen molar-refractivity contribution in [3.05, 3.63) is 102 Å². The molecular weight excluding hydrogens is 380 g/mol. The summed E-state index contributed by atoms with van der Waals surface area (Å²) >= 11 is 0. The first-order valence-electron chi connectivity index (χ1n) is 10.4. The van der Waals surface area contributed by atoms with E-state index >= 15 is 0 Å². The summed E-state index contributed by atoms with van der Waals surface area (Å²) in [6, 6.07) is 27.3. The number of hydrogen-bond acceptors (Lipinski definition) is 2. The highest BCUT2D eigenvalue weighted by Gasteiger charge is 2.46. The molecule has 1 aliphatic carbocycles. The molecule has 0 amide bonds. The van der Waals surface area contributed by atoms with Crippen LogP contribution in [0.25, 0.3) is 27.5 Å². The molecule has 1 aliphatic heterocycles. The molecule has 0 bridgehead atoms. The first-order chi connectivity index (χ1) is 15.2. The van der Waals surface area contributed by atoms with E-state index in [1.54, 1.807) is 0 Å². The summed E-state index contributed by atoms with van der Waals surface area (Å²) in [5, 5.41) is 2.14. The minimum Gasteiger partial charge on any atom is -0.480 e. The van der Waals surface area contributed by atoms with E-state index in [-0.39, 0.29) is 6.61 Å². The molecule has 6 rings (SSSR count). The van der Waals surface area contributed by atoms with E-state index in [4.69, 9.17) is 15.9 Å². The first kappa shape index (κ1) is 17.9. The van der Waals surface area contributed by atoms with Crippen molar-refractivity contribution in [2.24, 2.45) is 0 Å². The van der Waals surface area contributed by atoms with E-state index in [9.17, 15) is 0 Å². The molecule has 4 aromatic rings. The van der Waals surface area contributed by atoms with E-state index in [0.717, 1.165) is 33.4 Å². The van der Waals surface area contributed by atoms with Crippen molar-refractivity contribution in [3.8, 4) is 35.0 Å². The van der Waals surface area contributed by atoms with Crippen molar-refractivity contribution in [2.75, 3.05) is 6.61 Å². The Morgan fingerprint density at radius 1 is 0.871 bits per heavy atom. The van der Waals surface area contributed by atoms with Crippen LogP contribution in [0.3, 0.4) is 0 Å². The lowest BCUT2D eigenvalue weighted by molar-refractivity contribution is 0.165. The molecule has 0 aromatic heterocycles. The maximum absolute atomic E-state index is 6.90. The van der Waals surface area contributed by atoms with Gasteiger partial charge in [0.2, 0.25) is 0 Å². The molecule has 148 valence electrons. The molecule has 1 heterocycles. The molecule has 0 saturated carbocycles. The van der Waals surface area contributed by atoms with Gasteiger partial charge in [-0.05, 0) is 47.2 Å². The van der Waals surface area contributed by atoms with Crippen molar-refractivity contribution in [3.63, 3.8) is 0 Å². The molecule has 4 aromatic carbocycles. The molecule has 31 heavy (non-hydrogen) atoms. The van der Waals surface area contributed by atoms with E-state index in [2.05, 4.69) is 85.7 Å². The number of fused-ring (bicyclic) bond motifs is 8. The minimum absolute atomic E-state index is 0.233. The number of terminal acetylenes is 1. The Balaban J connectivity index is 1.63. The molecule has 0 fully saturated rings. The Morgan fingerprint density at radius 3 is 2.29 bits per heavy atom. The van der Waals surface area contributed by atoms with Crippen molar-refractivity contribution >= 4 is 16.3 Å². The van der Waals surface area contributed by atoms with E-state index in [1.807, 2.05) is 12.1 Å². The number of hydrogen-bond donors (Lipinski definition) is 0. The second-order valence-corrected chi connectivity index (χ2v) is 8.04. The molecule has 0 radical (unpaired) electrons. The van der Waals surface area contributed by atoms with Crippen molar-refractivity contribution in [1.82, 2.24) is 0 Å². The SMILES string of the molecule is C#CCOc1cccc2ccc3c(c12)C(C)=CC1(O3)c2ccccc2-c2ccccc21. The molecular formula is C29H20O2. The first-order valence-corrected chi connectivity index (χ1v) is 10.4. The van der Waals surface area contributed by atoms with Gasteiger partial charge in [0.05, 0.1) is 0 Å². The van der Waals surface area contributed by atoms with Crippen LogP contribution in [0.1, 0.15) is 23.6 Å². The zero-order valence-electron chi connectivity index (χ0n) is 17.2. The summed E-state index contributed by atoms with van der Waals surface area (Å²) < 4.78 is 12.8. The van der Waals surface area contributed by atoms with Gasteiger partial charge in [-0.25, -0.2) is 0 Å². The number of rotatable bonds is 2. The summed E-state index contributed by atoms with van der Waals surface area (Å²) in [5.41, 5.74) is 6.41. The lowest BCUT2D eigenvalue weighted by Crippen LogP contribution is -2.33. The zero-order valence-corrected chi connectivity index (χ0v) is 17.2. The van der Waals surface area contributed by atoms with Gasteiger partial charge in [-0.1, -0.05) is 72.7 Å². The highest BCUT2D eigenvalue weighted by molar-refractivity contribution is 6.01. The molecule has 0 N–H and O–H groups in total. The average Bonchev–Trinajstić information content (AvgIpc) is 3.07. The van der Waals surface area contributed by atoms with Crippen LogP contribution in [-0.2, 0) is 5.60 Å². The molecule has 0 atom stereocenters. The summed E-state index contributed by atoms with van der Waals surface area (Å²) in [6.45, 7) is 2.39. The predicted molar refractivity (Wildman–Crippen MR) is 125 cm³/mol. The van der Waals surface area contributed by atoms with Gasteiger partial charge < -0.3 is 9.47 Å². The van der Waals surface area contributed by atoms with Gasteiger partial charge in [-0.2, -0.15) is 0 Å². The average molecular weight is 400 g/mol. The minimum atomic E-state index is -0.632. The van der Waals surface area contributed by atoms with Gasteiger partial charge in [0.1, 0.15) is 18.1 Å². The van der Waals surface area contributed by atoms with E-state index < -0.39 is 5.60 Å². The van der Waals surface area contributed by atoms with Crippen molar-refractivity contribution < 1.29 is 9.47 Å². The van der Waals surface area contributed by atoms with E-state index in [0.29, 0.717) is 0 Å². The zero-order chi connectivity index (χ0) is 21.0. The predicted octanol–water partition coefficient (Wildman–Crippen LogP) is 6.57. The van der Waals surface area contributed by atoms with Crippen LogP contribution in [0, 0.1) is 12.3 Å². The monoisotopic (exact) mass is 400 g/mol. The van der Waals surface area contributed by atoms with Crippen LogP contribution in [0.2, 0.25) is 0 Å². The maximum atomic E-state index is 6.90. The third-order valence-electron chi connectivity index (χ3n) is 6.31. The number of allylic oxidation sites excluding steroid dienone is 1. The summed E-state index contributed by atoms with van der Waals surface area (Å²) in [7, 11) is 0. The van der Waals surface area contributed by atoms with Crippen molar-refractivity contribution in [2.45, 2.75) is 12.5 Å². The molecule has 2 aliphatic rings. The van der Waals surface area contributed by atoms with Gasteiger partial charge in [0, 0.05) is 22.1 Å². The Bertz CT molecular complexity index is 1390. The third kappa shape index (κ3) is 2.41. The Morgan fingerprint density at radius 2 is 1.58 bits per heavy atom. The van der Waals surface area contributed by atoms with Crippen LogP contribution in [0.4, 0.5) is 0 Å². The molecule has 0 saturated heterocycles. The van der Waals surface area contributed by atoms with Crippen LogP contribution in [0.15, 0.2) is 84.9 Å². The standard InChI is InChI=1S/C29H20O2/c1-3-17-30-25-14-8-9-20-15-16-26-27(28(20)25)19(2)18-29(31-26)23-12-6-4-10-21(23)22-11-5-7-13-24(22)29/h1,4-16,18H,17H2,2H3. The second-order valence-electron chi connectivity index (χ2n) is 8.04. The molecule has 1 spiro atoms. The Labute approximate surface area is 181 Å². The van der Waals surface area contributed by atoms with Gasteiger partial charge in [0.25, 0.3) is 0 Å². The Kier molecular flexibility index (Phi) is 3.76. The number of ether oxygens (including phenoxy) is 2. The van der Waals surface area contributed by atoms with Gasteiger partial charge in [-0.3, -0.25) is 0 Å². The van der Waals surface area contributed by atoms with Gasteiger partial charge in [0.15, 0.2) is 5.60 Å². The van der Waals surface area contributed by atoms with Crippen LogP contribution >= 0.6 is 0 Å². The molecule has 2 heteroatoms. The highest BCUT2D eigenvalue weighted by atomic mass is 16.5. The van der Waals surface area contributed by atoms with Crippen LogP contribution in [0.5, 0.6) is 11.5 Å². The van der Waals surface area contributed by atoms with E-state index in [1.165, 1.54) is 22.3 Å². The Hall–Kier alpha value is -3.96. The largest absolute Gasteiger partial charge is 0.480 e. The highest BCUT2D eigenvalue weighted by Crippen LogP contribution is 2.55. The summed E-state index contributed by atoms with van der Waals surface area (Å²) in [5.74, 6) is 4.21. The third-order valence-corrected chi connectivity index (χ3v) is 6.31. The summed E-state index contributed by atoms with van der Waals surface area (Å²) in [4.78, 5) is 0. The maximum Gasteiger partial charge on any atom is 0.179 e. The lowest BCUT2D eigenvalue weighted by atomic mass is 9.84. The normalized spacial score (nSPS) is 14.8. The lowest BCUT2D eigenvalue weighted by Gasteiger charge is -2.36.